The van der Waals surface area contributed by atoms with Crippen molar-refractivity contribution in [2.75, 3.05) is 31.3 Å². The van der Waals surface area contributed by atoms with Gasteiger partial charge in [0.2, 0.25) is 5.91 Å². The van der Waals surface area contributed by atoms with Crippen LogP contribution in [0, 0.1) is 0 Å². The summed E-state index contributed by atoms with van der Waals surface area (Å²) >= 11 is 2.86. The first-order valence-corrected chi connectivity index (χ1v) is 13.3. The maximum absolute atomic E-state index is 13.9. The molecule has 35 heavy (non-hydrogen) atoms. The van der Waals surface area contributed by atoms with Crippen molar-refractivity contribution in [3.63, 3.8) is 0 Å². The van der Waals surface area contributed by atoms with E-state index < -0.39 is 0 Å². The van der Waals surface area contributed by atoms with Crippen LogP contribution in [0.5, 0.6) is 5.75 Å². The Morgan fingerprint density at radius 3 is 2.66 bits per heavy atom. The SMILES string of the molecule is CCN1CCc2c(sc3nc(SCC(=O)Nc4ccccc4)n(-c4ccc(OC)cc4)c(=O)c23)C1. The van der Waals surface area contributed by atoms with Gasteiger partial charge in [0, 0.05) is 23.7 Å². The van der Waals surface area contributed by atoms with E-state index in [-0.39, 0.29) is 17.2 Å². The molecule has 0 atom stereocenters. The summed E-state index contributed by atoms with van der Waals surface area (Å²) in [6, 6.07) is 16.7. The van der Waals surface area contributed by atoms with Crippen molar-refractivity contribution in [3.05, 3.63) is 75.4 Å². The Bertz CT molecular complexity index is 1410. The molecule has 4 aromatic rings. The van der Waals surface area contributed by atoms with E-state index in [1.807, 2.05) is 54.6 Å². The smallest absolute Gasteiger partial charge is 0.267 e. The van der Waals surface area contributed by atoms with E-state index in [4.69, 9.17) is 9.72 Å². The molecule has 7 nitrogen and oxygen atoms in total. The van der Waals surface area contributed by atoms with Gasteiger partial charge in [0.1, 0.15) is 10.6 Å². The lowest BCUT2D eigenvalue weighted by Crippen LogP contribution is -2.30. The second-order valence-electron chi connectivity index (χ2n) is 8.24. The fourth-order valence-electron chi connectivity index (χ4n) is 4.25. The number of hydrogen-bond donors (Lipinski definition) is 1. The van der Waals surface area contributed by atoms with E-state index in [0.29, 0.717) is 22.0 Å². The highest BCUT2D eigenvalue weighted by molar-refractivity contribution is 7.99. The summed E-state index contributed by atoms with van der Waals surface area (Å²) in [4.78, 5) is 35.8. The second kappa shape index (κ2) is 10.2. The number of nitrogens with one attached hydrogen (secondary N) is 1. The molecule has 0 saturated heterocycles. The zero-order valence-corrected chi connectivity index (χ0v) is 21.2. The Morgan fingerprint density at radius 1 is 1.17 bits per heavy atom. The number of thiophene rings is 1. The van der Waals surface area contributed by atoms with E-state index >= 15 is 0 Å². The van der Waals surface area contributed by atoms with Crippen molar-refractivity contribution < 1.29 is 9.53 Å². The summed E-state index contributed by atoms with van der Waals surface area (Å²) in [5, 5.41) is 4.10. The van der Waals surface area contributed by atoms with Crippen LogP contribution in [0.15, 0.2) is 64.5 Å². The zero-order valence-electron chi connectivity index (χ0n) is 19.6. The molecule has 0 unspecified atom stereocenters. The number of carbonyl (C=O) groups excluding carboxylic acids is 1. The lowest BCUT2D eigenvalue weighted by Gasteiger charge is -2.25. The molecule has 1 amide bonds. The summed E-state index contributed by atoms with van der Waals surface area (Å²) in [5.74, 6) is 0.693. The van der Waals surface area contributed by atoms with Crippen LogP contribution in [0.3, 0.4) is 0 Å². The minimum absolute atomic E-state index is 0.0893. The third kappa shape index (κ3) is 4.84. The number of fused-ring (bicyclic) bond motifs is 3. The van der Waals surface area contributed by atoms with Crippen LogP contribution >= 0.6 is 23.1 Å². The van der Waals surface area contributed by atoms with Gasteiger partial charge >= 0.3 is 0 Å². The number of benzene rings is 2. The van der Waals surface area contributed by atoms with E-state index in [0.717, 1.165) is 42.1 Å². The number of para-hydroxylation sites is 1. The van der Waals surface area contributed by atoms with Crippen LogP contribution in [0.4, 0.5) is 5.69 Å². The van der Waals surface area contributed by atoms with Gasteiger partial charge < -0.3 is 10.1 Å². The molecule has 0 fully saturated rings. The fourth-order valence-corrected chi connectivity index (χ4v) is 6.37. The van der Waals surface area contributed by atoms with E-state index in [1.54, 1.807) is 23.0 Å². The maximum Gasteiger partial charge on any atom is 0.267 e. The fraction of sp³-hybridized carbons (Fsp3) is 0.269. The van der Waals surface area contributed by atoms with Crippen molar-refractivity contribution >= 4 is 44.9 Å². The van der Waals surface area contributed by atoms with Gasteiger partial charge in [-0.1, -0.05) is 36.9 Å². The van der Waals surface area contributed by atoms with Crippen molar-refractivity contribution in [2.24, 2.45) is 0 Å². The molecule has 180 valence electrons. The third-order valence-corrected chi connectivity index (χ3v) is 8.14. The van der Waals surface area contributed by atoms with Crippen molar-refractivity contribution in [1.82, 2.24) is 14.5 Å². The van der Waals surface area contributed by atoms with Gasteiger partial charge in [-0.15, -0.1) is 11.3 Å². The largest absolute Gasteiger partial charge is 0.497 e. The minimum atomic E-state index is -0.152. The van der Waals surface area contributed by atoms with Crippen molar-refractivity contribution in [3.8, 4) is 11.4 Å². The Kier molecular flexibility index (Phi) is 6.90. The number of likely N-dealkylation sites (N-methyl/N-ethyl adjacent to an activating group) is 1. The summed E-state index contributed by atoms with van der Waals surface area (Å²) in [7, 11) is 1.61. The third-order valence-electron chi connectivity index (χ3n) is 6.09. The monoisotopic (exact) mass is 506 g/mol. The standard InChI is InChI=1S/C26H26N4O3S2/c1-3-29-14-13-20-21(15-29)35-24-23(20)25(32)30(18-9-11-19(33-2)12-10-18)26(28-24)34-16-22(31)27-17-7-5-4-6-8-17/h4-12H,3,13-16H2,1-2H3,(H,27,31). The van der Waals surface area contributed by atoms with Crippen molar-refractivity contribution in [1.29, 1.82) is 0 Å². The van der Waals surface area contributed by atoms with Crippen LogP contribution in [0.25, 0.3) is 15.9 Å². The van der Waals surface area contributed by atoms with E-state index in [1.165, 1.54) is 16.6 Å². The highest BCUT2D eigenvalue weighted by Crippen LogP contribution is 2.34. The topological polar surface area (TPSA) is 76.5 Å². The quantitative estimate of drug-likeness (QED) is 0.292. The molecule has 1 N–H and O–H groups in total. The molecule has 1 aliphatic rings. The van der Waals surface area contributed by atoms with Gasteiger partial charge in [0.05, 0.1) is 23.9 Å². The van der Waals surface area contributed by atoms with Crippen LogP contribution < -0.4 is 15.6 Å². The maximum atomic E-state index is 13.9. The summed E-state index contributed by atoms with van der Waals surface area (Å²) < 4.78 is 6.92. The van der Waals surface area contributed by atoms with E-state index in [2.05, 4.69) is 17.1 Å². The number of aromatic nitrogens is 2. The van der Waals surface area contributed by atoms with Gasteiger partial charge in [-0.2, -0.15) is 0 Å². The average molecular weight is 507 g/mol. The van der Waals surface area contributed by atoms with Gasteiger partial charge in [-0.05, 0) is 54.9 Å². The second-order valence-corrected chi connectivity index (χ2v) is 10.3. The zero-order chi connectivity index (χ0) is 24.4. The number of carbonyl (C=O) groups is 1. The Hall–Kier alpha value is -3.14. The number of amides is 1. The summed E-state index contributed by atoms with van der Waals surface area (Å²) in [6.07, 6.45) is 0.842. The first kappa shape index (κ1) is 23.6. The van der Waals surface area contributed by atoms with E-state index in [9.17, 15) is 9.59 Å². The Morgan fingerprint density at radius 2 is 1.94 bits per heavy atom. The molecule has 2 aromatic carbocycles. The lowest BCUT2D eigenvalue weighted by molar-refractivity contribution is -0.113. The predicted octanol–water partition coefficient (Wildman–Crippen LogP) is 4.56. The van der Waals surface area contributed by atoms with Crippen LogP contribution in [-0.2, 0) is 17.8 Å². The van der Waals surface area contributed by atoms with Crippen LogP contribution in [0.2, 0.25) is 0 Å². The number of nitrogens with zero attached hydrogens (tertiary/aromatic N) is 3. The molecular formula is C26H26N4O3S2. The summed E-state index contributed by atoms with van der Waals surface area (Å²) in [6.45, 7) is 4.92. The molecular weight excluding hydrogens is 480 g/mol. The molecule has 1 aliphatic heterocycles. The number of hydrogen-bond acceptors (Lipinski definition) is 7. The number of anilines is 1. The number of rotatable bonds is 7. The molecule has 0 aliphatic carbocycles. The first-order valence-electron chi connectivity index (χ1n) is 11.5. The molecule has 5 rings (SSSR count). The minimum Gasteiger partial charge on any atom is -0.497 e. The highest BCUT2D eigenvalue weighted by Gasteiger charge is 2.25. The van der Waals surface area contributed by atoms with Gasteiger partial charge in [-0.25, -0.2) is 4.98 Å². The van der Waals surface area contributed by atoms with Crippen molar-refractivity contribution in [2.45, 2.75) is 25.0 Å². The first-order chi connectivity index (χ1) is 17.1. The van der Waals surface area contributed by atoms with Gasteiger partial charge in [0.25, 0.3) is 5.56 Å². The number of methoxy groups -OCH3 is 1. The Balaban J connectivity index is 1.54. The van der Waals surface area contributed by atoms with Gasteiger partial charge in [0.15, 0.2) is 5.16 Å². The van der Waals surface area contributed by atoms with Gasteiger partial charge in [-0.3, -0.25) is 19.1 Å². The molecule has 2 aromatic heterocycles. The molecule has 0 saturated carbocycles. The molecule has 9 heteroatoms. The summed E-state index contributed by atoms with van der Waals surface area (Å²) in [5.41, 5.74) is 2.46. The normalized spacial score (nSPS) is 13.5. The molecule has 3 heterocycles. The Labute approximate surface area is 211 Å². The molecule has 0 bridgehead atoms. The molecule has 0 radical (unpaired) electrons. The number of thioether (sulfide) groups is 1. The average Bonchev–Trinajstić information content (AvgIpc) is 3.26. The van der Waals surface area contributed by atoms with Crippen LogP contribution in [-0.4, -0.2) is 46.3 Å². The lowest BCUT2D eigenvalue weighted by atomic mass is 10.1. The number of ether oxygens (including phenoxy) is 1. The molecule has 0 spiro atoms. The highest BCUT2D eigenvalue weighted by atomic mass is 32.2. The van der Waals surface area contributed by atoms with Crippen LogP contribution in [0.1, 0.15) is 17.4 Å². The predicted molar refractivity (Wildman–Crippen MR) is 142 cm³/mol.